The Bertz CT molecular complexity index is 234. The molecular formula is C12H19F3O2. The summed E-state index contributed by atoms with van der Waals surface area (Å²) in [6.45, 7) is 0. The van der Waals surface area contributed by atoms with Gasteiger partial charge in [-0.2, -0.15) is 13.2 Å². The zero-order valence-electron chi connectivity index (χ0n) is 10.1. The fraction of sp³-hybridized carbons (Fsp3) is 0.750. The molecule has 0 aromatic carbocycles. The van der Waals surface area contributed by atoms with Gasteiger partial charge in [-0.05, 0) is 19.3 Å². The molecule has 5 heteroatoms. The number of alkyl halides is 3. The highest BCUT2D eigenvalue weighted by atomic mass is 19.4. The van der Waals surface area contributed by atoms with Crippen LogP contribution in [0.15, 0.2) is 12.2 Å². The maximum absolute atomic E-state index is 11.7. The van der Waals surface area contributed by atoms with Crippen molar-refractivity contribution >= 4 is 5.97 Å². The summed E-state index contributed by atoms with van der Waals surface area (Å²) in [5.74, 6) is -0.210. The van der Waals surface area contributed by atoms with E-state index >= 15 is 0 Å². The summed E-state index contributed by atoms with van der Waals surface area (Å²) in [5.41, 5.74) is 0. The first-order valence-corrected chi connectivity index (χ1v) is 5.77. The van der Waals surface area contributed by atoms with Gasteiger partial charge in [-0.15, -0.1) is 0 Å². The summed E-state index contributed by atoms with van der Waals surface area (Å²) in [4.78, 5) is 10.7. The Balaban J connectivity index is 3.25. The number of unbranched alkanes of at least 4 members (excludes halogenated alkanes) is 5. The first kappa shape index (κ1) is 16.0. The zero-order chi connectivity index (χ0) is 13.1. The van der Waals surface area contributed by atoms with E-state index in [1.54, 1.807) is 0 Å². The van der Waals surface area contributed by atoms with E-state index in [-0.39, 0.29) is 12.0 Å². The average molecular weight is 252 g/mol. The summed E-state index contributed by atoms with van der Waals surface area (Å²) in [5, 5.41) is 0. The fourth-order valence-corrected chi connectivity index (χ4v) is 1.38. The van der Waals surface area contributed by atoms with Crippen molar-refractivity contribution in [3.05, 3.63) is 12.2 Å². The predicted molar refractivity (Wildman–Crippen MR) is 59.5 cm³/mol. The van der Waals surface area contributed by atoms with E-state index in [1.165, 1.54) is 7.11 Å². The van der Waals surface area contributed by atoms with Crippen molar-refractivity contribution in [2.24, 2.45) is 0 Å². The van der Waals surface area contributed by atoms with Crippen LogP contribution in [0.1, 0.15) is 44.9 Å². The number of ether oxygens (including phenoxy) is 1. The van der Waals surface area contributed by atoms with Gasteiger partial charge in [-0.3, -0.25) is 4.79 Å². The smallest absolute Gasteiger partial charge is 0.409 e. The number of hydrogen-bond acceptors (Lipinski definition) is 2. The Morgan fingerprint density at radius 1 is 1.12 bits per heavy atom. The Morgan fingerprint density at radius 3 is 2.29 bits per heavy atom. The molecule has 0 aliphatic carbocycles. The SMILES string of the molecule is COC(=O)CCCCCCC/C=C\C(F)(F)F. The minimum absolute atomic E-state index is 0.210. The maximum Gasteiger partial charge on any atom is 0.409 e. The minimum atomic E-state index is -4.19. The molecule has 0 bridgehead atoms. The lowest BCUT2D eigenvalue weighted by atomic mass is 10.1. The van der Waals surface area contributed by atoms with Gasteiger partial charge in [-0.25, -0.2) is 0 Å². The number of hydrogen-bond donors (Lipinski definition) is 0. The van der Waals surface area contributed by atoms with Crippen molar-refractivity contribution in [3.8, 4) is 0 Å². The number of carbonyl (C=O) groups excluding carboxylic acids is 1. The first-order chi connectivity index (χ1) is 7.95. The lowest BCUT2D eigenvalue weighted by molar-refractivity contribution is -0.140. The van der Waals surface area contributed by atoms with Crippen LogP contribution in [0.5, 0.6) is 0 Å². The maximum atomic E-state index is 11.7. The van der Waals surface area contributed by atoms with Crippen LogP contribution in [-0.2, 0) is 9.53 Å². The van der Waals surface area contributed by atoms with E-state index in [1.807, 2.05) is 0 Å². The Hall–Kier alpha value is -1.00. The molecule has 0 rings (SSSR count). The van der Waals surface area contributed by atoms with Gasteiger partial charge in [0.1, 0.15) is 0 Å². The van der Waals surface area contributed by atoms with Crippen molar-refractivity contribution < 1.29 is 22.7 Å². The van der Waals surface area contributed by atoms with Crippen molar-refractivity contribution in [3.63, 3.8) is 0 Å². The second-order valence-electron chi connectivity index (χ2n) is 3.83. The molecule has 0 unspecified atom stereocenters. The summed E-state index contributed by atoms with van der Waals surface area (Å²) >= 11 is 0. The standard InChI is InChI=1S/C12H19F3O2/c1-17-11(16)9-7-5-3-2-4-6-8-10-12(13,14)15/h8,10H,2-7,9H2,1H3/b10-8-. The average Bonchev–Trinajstić information content (AvgIpc) is 2.25. The molecule has 17 heavy (non-hydrogen) atoms. The summed E-state index contributed by atoms with van der Waals surface area (Å²) in [6, 6.07) is 0. The molecule has 0 aromatic rings. The number of rotatable bonds is 8. The second-order valence-corrected chi connectivity index (χ2v) is 3.83. The zero-order valence-corrected chi connectivity index (χ0v) is 10.1. The van der Waals surface area contributed by atoms with Gasteiger partial charge in [0.2, 0.25) is 0 Å². The third-order valence-corrected chi connectivity index (χ3v) is 2.29. The van der Waals surface area contributed by atoms with Crippen LogP contribution in [0, 0.1) is 0 Å². The van der Waals surface area contributed by atoms with Gasteiger partial charge >= 0.3 is 12.1 Å². The van der Waals surface area contributed by atoms with Crippen LogP contribution in [0.3, 0.4) is 0 Å². The third-order valence-electron chi connectivity index (χ3n) is 2.29. The first-order valence-electron chi connectivity index (χ1n) is 5.77. The van der Waals surface area contributed by atoms with Crippen LogP contribution in [0.2, 0.25) is 0 Å². The molecule has 0 spiro atoms. The predicted octanol–water partition coefficient (Wildman–Crippen LogP) is 4.01. The van der Waals surface area contributed by atoms with Crippen LogP contribution in [0.25, 0.3) is 0 Å². The highest BCUT2D eigenvalue weighted by Crippen LogP contribution is 2.17. The van der Waals surface area contributed by atoms with Crippen molar-refractivity contribution in [1.82, 2.24) is 0 Å². The van der Waals surface area contributed by atoms with Gasteiger partial charge < -0.3 is 4.74 Å². The molecule has 0 aliphatic rings. The number of halogens is 3. The molecule has 0 N–H and O–H groups in total. The summed E-state index contributed by atoms with van der Waals surface area (Å²) < 4.78 is 39.6. The van der Waals surface area contributed by atoms with Crippen molar-refractivity contribution in [1.29, 1.82) is 0 Å². The molecule has 100 valence electrons. The fourth-order valence-electron chi connectivity index (χ4n) is 1.38. The topological polar surface area (TPSA) is 26.3 Å². The Labute approximate surface area is 99.8 Å². The number of methoxy groups -OCH3 is 1. The van der Waals surface area contributed by atoms with Gasteiger partial charge in [0.05, 0.1) is 7.11 Å². The van der Waals surface area contributed by atoms with Crippen LogP contribution < -0.4 is 0 Å². The van der Waals surface area contributed by atoms with Crippen LogP contribution in [0.4, 0.5) is 13.2 Å². The highest BCUT2D eigenvalue weighted by Gasteiger charge is 2.21. The summed E-state index contributed by atoms with van der Waals surface area (Å²) in [6.07, 6.45) is 2.41. The largest absolute Gasteiger partial charge is 0.469 e. The van der Waals surface area contributed by atoms with E-state index in [4.69, 9.17) is 0 Å². The Morgan fingerprint density at radius 2 is 1.71 bits per heavy atom. The molecule has 0 fully saturated rings. The molecule has 0 saturated carbocycles. The summed E-state index contributed by atoms with van der Waals surface area (Å²) in [7, 11) is 1.36. The Kier molecular flexibility index (Phi) is 8.54. The number of carbonyl (C=O) groups is 1. The lowest BCUT2D eigenvalue weighted by Crippen LogP contribution is -2.00. The second kappa shape index (κ2) is 9.07. The van der Waals surface area contributed by atoms with E-state index in [2.05, 4.69) is 4.74 Å². The normalized spacial score (nSPS) is 12.0. The molecule has 0 amide bonds. The molecule has 0 saturated heterocycles. The lowest BCUT2D eigenvalue weighted by Gasteiger charge is -2.00. The van der Waals surface area contributed by atoms with Crippen LogP contribution in [-0.4, -0.2) is 19.3 Å². The van der Waals surface area contributed by atoms with Crippen molar-refractivity contribution in [2.45, 2.75) is 51.1 Å². The van der Waals surface area contributed by atoms with E-state index in [9.17, 15) is 18.0 Å². The molecular weight excluding hydrogens is 233 g/mol. The van der Waals surface area contributed by atoms with Gasteiger partial charge in [0.15, 0.2) is 0 Å². The number of allylic oxidation sites excluding steroid dienone is 2. The van der Waals surface area contributed by atoms with E-state index in [0.717, 1.165) is 38.2 Å². The molecule has 0 atom stereocenters. The monoisotopic (exact) mass is 252 g/mol. The molecule has 0 aromatic heterocycles. The van der Waals surface area contributed by atoms with Gasteiger partial charge in [-0.1, -0.05) is 25.3 Å². The minimum Gasteiger partial charge on any atom is -0.469 e. The third kappa shape index (κ3) is 12.9. The van der Waals surface area contributed by atoms with Gasteiger partial charge in [0.25, 0.3) is 0 Å². The highest BCUT2D eigenvalue weighted by molar-refractivity contribution is 5.68. The molecule has 0 radical (unpaired) electrons. The van der Waals surface area contributed by atoms with Crippen molar-refractivity contribution in [2.75, 3.05) is 7.11 Å². The number of esters is 1. The quantitative estimate of drug-likeness (QED) is 0.370. The van der Waals surface area contributed by atoms with E-state index < -0.39 is 6.18 Å². The van der Waals surface area contributed by atoms with Gasteiger partial charge in [0, 0.05) is 12.5 Å². The molecule has 0 heterocycles. The molecule has 2 nitrogen and oxygen atoms in total. The van der Waals surface area contributed by atoms with Crippen LogP contribution >= 0.6 is 0 Å². The molecule has 0 aliphatic heterocycles. The van der Waals surface area contributed by atoms with E-state index in [0.29, 0.717) is 12.8 Å².